The molecule has 1 aliphatic rings. The van der Waals surface area contributed by atoms with Gasteiger partial charge in [-0.15, -0.1) is 0 Å². The summed E-state index contributed by atoms with van der Waals surface area (Å²) in [6.07, 6.45) is 0. The van der Waals surface area contributed by atoms with Crippen LogP contribution in [0.15, 0.2) is 18.2 Å². The van der Waals surface area contributed by atoms with Gasteiger partial charge in [0.05, 0.1) is 0 Å². The van der Waals surface area contributed by atoms with E-state index in [1.807, 2.05) is 0 Å². The number of amides is 4. The molecular weight excluding hydrogens is 294 g/mol. The number of urea groups is 1. The molecule has 1 saturated heterocycles. The van der Waals surface area contributed by atoms with Crippen molar-refractivity contribution >= 4 is 35.1 Å². The van der Waals surface area contributed by atoms with E-state index in [1.165, 1.54) is 0 Å². The van der Waals surface area contributed by atoms with Crippen molar-refractivity contribution in [2.24, 2.45) is 0 Å². The predicted molar refractivity (Wildman–Crippen MR) is 79.1 cm³/mol. The number of imide groups is 1. The fraction of sp³-hybridized carbons (Fsp3) is 0.357. The first-order valence-electron chi connectivity index (χ1n) is 6.41. The predicted octanol–water partition coefficient (Wildman–Crippen LogP) is 1.92. The fourth-order valence-corrected chi connectivity index (χ4v) is 2.29. The Hall–Kier alpha value is -2.08. The van der Waals surface area contributed by atoms with Crippen LogP contribution in [0, 0.1) is 6.92 Å². The zero-order chi connectivity index (χ0) is 15.8. The molecule has 2 rings (SSSR count). The number of halogens is 1. The lowest BCUT2D eigenvalue weighted by Gasteiger charge is -2.16. The van der Waals surface area contributed by atoms with E-state index in [9.17, 15) is 14.4 Å². The van der Waals surface area contributed by atoms with E-state index >= 15 is 0 Å². The Bertz CT molecular complexity index is 628. The van der Waals surface area contributed by atoms with Gasteiger partial charge < -0.3 is 10.6 Å². The molecule has 112 valence electrons. The van der Waals surface area contributed by atoms with Crippen LogP contribution < -0.4 is 10.6 Å². The van der Waals surface area contributed by atoms with E-state index < -0.39 is 23.4 Å². The van der Waals surface area contributed by atoms with E-state index in [1.54, 1.807) is 39.0 Å². The molecule has 0 radical (unpaired) electrons. The Kier molecular flexibility index (Phi) is 3.91. The lowest BCUT2D eigenvalue weighted by atomic mass is 10.1. The van der Waals surface area contributed by atoms with Crippen molar-refractivity contribution < 1.29 is 14.4 Å². The molecule has 1 aromatic rings. The van der Waals surface area contributed by atoms with Gasteiger partial charge in [-0.3, -0.25) is 14.5 Å². The van der Waals surface area contributed by atoms with E-state index in [4.69, 9.17) is 11.6 Å². The average molecular weight is 310 g/mol. The lowest BCUT2D eigenvalue weighted by molar-refractivity contribution is -0.132. The maximum absolute atomic E-state index is 12.0. The zero-order valence-electron chi connectivity index (χ0n) is 12.0. The average Bonchev–Trinajstić information content (AvgIpc) is 2.55. The third-order valence-electron chi connectivity index (χ3n) is 3.21. The zero-order valence-corrected chi connectivity index (χ0v) is 12.7. The molecule has 0 aromatic heterocycles. The van der Waals surface area contributed by atoms with Crippen LogP contribution in [0.2, 0.25) is 5.02 Å². The summed E-state index contributed by atoms with van der Waals surface area (Å²) in [5.41, 5.74) is 0.414. The molecule has 2 N–H and O–H groups in total. The van der Waals surface area contributed by atoms with Crippen LogP contribution in [0.5, 0.6) is 0 Å². The van der Waals surface area contributed by atoms with Gasteiger partial charge in [0.25, 0.3) is 5.91 Å². The van der Waals surface area contributed by atoms with Gasteiger partial charge in [0.15, 0.2) is 0 Å². The van der Waals surface area contributed by atoms with Gasteiger partial charge in [-0.05, 0) is 44.5 Å². The molecule has 0 saturated carbocycles. The minimum atomic E-state index is -0.979. The smallest absolute Gasteiger partial charge is 0.324 e. The molecule has 1 fully saturated rings. The molecule has 1 aromatic carbocycles. The van der Waals surface area contributed by atoms with Gasteiger partial charge >= 0.3 is 6.03 Å². The number of carbonyl (C=O) groups is 3. The summed E-state index contributed by atoms with van der Waals surface area (Å²) in [6, 6.07) is 4.48. The van der Waals surface area contributed by atoms with Crippen LogP contribution >= 0.6 is 11.6 Å². The van der Waals surface area contributed by atoms with Crippen molar-refractivity contribution in [3.05, 3.63) is 28.8 Å². The number of aryl methyl sites for hydroxylation is 1. The highest BCUT2D eigenvalue weighted by atomic mass is 35.5. The topological polar surface area (TPSA) is 78.5 Å². The third-order valence-corrected chi connectivity index (χ3v) is 3.44. The van der Waals surface area contributed by atoms with Gasteiger partial charge in [0.2, 0.25) is 5.91 Å². The summed E-state index contributed by atoms with van der Waals surface area (Å²) in [5, 5.41) is 5.75. The monoisotopic (exact) mass is 309 g/mol. The summed E-state index contributed by atoms with van der Waals surface area (Å²) in [7, 11) is 0. The lowest BCUT2D eigenvalue weighted by Crippen LogP contribution is -2.41. The second-order valence-corrected chi connectivity index (χ2v) is 5.89. The van der Waals surface area contributed by atoms with Crippen molar-refractivity contribution in [3.8, 4) is 0 Å². The summed E-state index contributed by atoms with van der Waals surface area (Å²) in [6.45, 7) is 4.66. The maximum Gasteiger partial charge on any atom is 0.325 e. The largest absolute Gasteiger partial charge is 0.325 e. The van der Waals surface area contributed by atoms with Crippen LogP contribution in [0.25, 0.3) is 0 Å². The van der Waals surface area contributed by atoms with E-state index in [0.29, 0.717) is 10.7 Å². The second-order valence-electron chi connectivity index (χ2n) is 5.45. The number of hydrogen-bond acceptors (Lipinski definition) is 3. The number of nitrogens with zero attached hydrogens (tertiary/aromatic N) is 1. The SMILES string of the molecule is Cc1cc(Cl)ccc1NC(=O)CN1C(=O)NC(C)(C)C1=O. The van der Waals surface area contributed by atoms with Gasteiger partial charge in [-0.25, -0.2) is 4.79 Å². The first-order valence-corrected chi connectivity index (χ1v) is 6.78. The molecule has 7 heteroatoms. The normalized spacial score (nSPS) is 16.9. The highest BCUT2D eigenvalue weighted by Gasteiger charge is 2.44. The molecule has 6 nitrogen and oxygen atoms in total. The number of carbonyl (C=O) groups excluding carboxylic acids is 3. The third kappa shape index (κ3) is 3.16. The van der Waals surface area contributed by atoms with Crippen LogP contribution in [0.1, 0.15) is 19.4 Å². The molecule has 0 aliphatic carbocycles. The number of nitrogens with one attached hydrogen (secondary N) is 2. The molecule has 21 heavy (non-hydrogen) atoms. The molecule has 0 atom stereocenters. The molecule has 4 amide bonds. The van der Waals surface area contributed by atoms with Crippen molar-refractivity contribution in [1.82, 2.24) is 10.2 Å². The quantitative estimate of drug-likeness (QED) is 0.837. The summed E-state index contributed by atoms with van der Waals surface area (Å²) in [5.74, 6) is -0.864. The van der Waals surface area contributed by atoms with Gasteiger partial charge in [-0.2, -0.15) is 0 Å². The highest BCUT2D eigenvalue weighted by molar-refractivity contribution is 6.30. The standard InChI is InChI=1S/C14H16ClN3O3/c1-8-6-9(15)4-5-10(8)16-11(19)7-18-12(20)14(2,3)17-13(18)21/h4-6H,7H2,1-3H3,(H,16,19)(H,17,21). The van der Waals surface area contributed by atoms with Gasteiger partial charge in [-0.1, -0.05) is 11.6 Å². The minimum absolute atomic E-state index is 0.323. The summed E-state index contributed by atoms with van der Waals surface area (Å²) in [4.78, 5) is 36.6. The van der Waals surface area contributed by atoms with E-state index in [2.05, 4.69) is 10.6 Å². The van der Waals surface area contributed by atoms with Crippen LogP contribution in [0.4, 0.5) is 10.5 Å². The Balaban J connectivity index is 2.06. The molecule has 0 bridgehead atoms. The second kappa shape index (κ2) is 5.37. The fourth-order valence-electron chi connectivity index (χ4n) is 2.06. The van der Waals surface area contributed by atoms with Crippen molar-refractivity contribution in [3.63, 3.8) is 0 Å². The van der Waals surface area contributed by atoms with Crippen molar-refractivity contribution in [1.29, 1.82) is 0 Å². The number of hydrogen-bond donors (Lipinski definition) is 2. The van der Waals surface area contributed by atoms with Crippen LogP contribution in [-0.4, -0.2) is 34.8 Å². The van der Waals surface area contributed by atoms with Gasteiger partial charge in [0.1, 0.15) is 12.1 Å². The van der Waals surface area contributed by atoms with Crippen LogP contribution in [-0.2, 0) is 9.59 Å². The molecule has 0 unspecified atom stereocenters. The Morgan fingerprint density at radius 2 is 2.05 bits per heavy atom. The summed E-state index contributed by atoms with van der Waals surface area (Å²) < 4.78 is 0. The molecule has 0 spiro atoms. The number of rotatable bonds is 3. The Morgan fingerprint density at radius 3 is 2.57 bits per heavy atom. The van der Waals surface area contributed by atoms with Crippen LogP contribution in [0.3, 0.4) is 0 Å². The summed E-state index contributed by atoms with van der Waals surface area (Å²) >= 11 is 5.84. The Morgan fingerprint density at radius 1 is 1.38 bits per heavy atom. The first kappa shape index (κ1) is 15.3. The van der Waals surface area contributed by atoms with E-state index in [0.717, 1.165) is 10.5 Å². The minimum Gasteiger partial charge on any atom is -0.324 e. The van der Waals surface area contributed by atoms with E-state index in [-0.39, 0.29) is 6.54 Å². The van der Waals surface area contributed by atoms with Crippen molar-refractivity contribution in [2.75, 3.05) is 11.9 Å². The van der Waals surface area contributed by atoms with Crippen molar-refractivity contribution in [2.45, 2.75) is 26.3 Å². The van der Waals surface area contributed by atoms with Gasteiger partial charge in [0, 0.05) is 10.7 Å². The molecular formula is C14H16ClN3O3. The Labute approximate surface area is 127 Å². The highest BCUT2D eigenvalue weighted by Crippen LogP contribution is 2.20. The number of benzene rings is 1. The maximum atomic E-state index is 12.0. The first-order chi connectivity index (χ1) is 9.70. The molecule has 1 aliphatic heterocycles. The molecule has 1 heterocycles. The number of anilines is 1.